The van der Waals surface area contributed by atoms with Crippen molar-refractivity contribution in [3.05, 3.63) is 12.4 Å². The van der Waals surface area contributed by atoms with Gasteiger partial charge >= 0.3 is 0 Å². The number of carbonyl (C=O) groups excluding carboxylic acids is 1. The number of nitrogens with one attached hydrogen (secondary N) is 3. The van der Waals surface area contributed by atoms with Crippen LogP contribution in [0.4, 0.5) is 5.95 Å². The minimum atomic E-state index is -3.82. The van der Waals surface area contributed by atoms with Gasteiger partial charge in [-0.1, -0.05) is 0 Å². The Morgan fingerprint density at radius 1 is 1.38 bits per heavy atom. The van der Waals surface area contributed by atoms with Gasteiger partial charge in [0, 0.05) is 12.6 Å². The van der Waals surface area contributed by atoms with Gasteiger partial charge in [-0.15, -0.1) is 0 Å². The van der Waals surface area contributed by atoms with Crippen LogP contribution < -0.4 is 15.4 Å². The average molecular weight is 313 g/mol. The highest BCUT2D eigenvalue weighted by atomic mass is 32.2. The maximum Gasteiger partial charge on any atom is 0.244 e. The smallest absolute Gasteiger partial charge is 0.244 e. The molecule has 1 unspecified atom stereocenters. The Hall–Kier alpha value is -1.74. The molecule has 9 heteroatoms. The molecule has 0 saturated heterocycles. The Morgan fingerprint density at radius 2 is 2.00 bits per heavy atom. The summed E-state index contributed by atoms with van der Waals surface area (Å²) in [6.45, 7) is 4.03. The zero-order chi connectivity index (χ0) is 15.5. The van der Waals surface area contributed by atoms with Crippen molar-refractivity contribution in [1.29, 1.82) is 0 Å². The summed E-state index contributed by atoms with van der Waals surface area (Å²) in [4.78, 5) is 19.5. The summed E-state index contributed by atoms with van der Waals surface area (Å²) < 4.78 is 26.6. The van der Waals surface area contributed by atoms with E-state index in [-0.39, 0.29) is 16.8 Å². The number of rotatable bonds is 7. The number of anilines is 1. The van der Waals surface area contributed by atoms with Gasteiger partial charge in [0.2, 0.25) is 21.9 Å². The van der Waals surface area contributed by atoms with Crippen molar-refractivity contribution in [2.45, 2.75) is 43.7 Å². The van der Waals surface area contributed by atoms with E-state index in [0.717, 1.165) is 12.8 Å². The highest BCUT2D eigenvalue weighted by Crippen LogP contribution is 2.18. The molecular weight excluding hydrogens is 294 g/mol. The van der Waals surface area contributed by atoms with Gasteiger partial charge in [0.05, 0.1) is 18.4 Å². The first-order valence-corrected chi connectivity index (χ1v) is 8.29. The lowest BCUT2D eigenvalue weighted by molar-refractivity contribution is -0.122. The Bertz CT molecular complexity index is 598. The van der Waals surface area contributed by atoms with Gasteiger partial charge in [0.15, 0.2) is 0 Å². The fraction of sp³-hybridized carbons (Fsp3) is 0.583. The van der Waals surface area contributed by atoms with Crippen molar-refractivity contribution in [3.63, 3.8) is 0 Å². The molecule has 0 radical (unpaired) electrons. The Morgan fingerprint density at radius 3 is 2.52 bits per heavy atom. The second-order valence-corrected chi connectivity index (χ2v) is 6.61. The van der Waals surface area contributed by atoms with Crippen LogP contribution in [0, 0.1) is 0 Å². The van der Waals surface area contributed by atoms with Gasteiger partial charge in [-0.25, -0.2) is 18.4 Å². The van der Waals surface area contributed by atoms with E-state index in [2.05, 4.69) is 25.3 Å². The molecule has 1 atom stereocenters. The van der Waals surface area contributed by atoms with Crippen LogP contribution in [0.15, 0.2) is 17.3 Å². The van der Waals surface area contributed by atoms with Crippen molar-refractivity contribution in [2.24, 2.45) is 0 Å². The second kappa shape index (κ2) is 6.35. The Labute approximate surface area is 123 Å². The first-order valence-electron chi connectivity index (χ1n) is 6.81. The predicted molar refractivity (Wildman–Crippen MR) is 77.1 cm³/mol. The van der Waals surface area contributed by atoms with E-state index in [1.54, 1.807) is 0 Å². The molecular formula is C12H19N5O3S. The Kier molecular flexibility index (Phi) is 4.73. The minimum Gasteiger partial charge on any atom is -0.355 e. The van der Waals surface area contributed by atoms with E-state index in [4.69, 9.17) is 0 Å². The molecule has 1 aliphatic rings. The molecule has 2 rings (SSSR count). The fourth-order valence-corrected chi connectivity index (χ4v) is 2.70. The van der Waals surface area contributed by atoms with Crippen LogP contribution >= 0.6 is 0 Å². The number of nitrogens with zero attached hydrogens (tertiary/aromatic N) is 2. The third-order valence-electron chi connectivity index (χ3n) is 2.92. The monoisotopic (exact) mass is 313 g/mol. The maximum atomic E-state index is 12.1. The lowest BCUT2D eigenvalue weighted by atomic mass is 10.3. The highest BCUT2D eigenvalue weighted by Gasteiger charge is 2.28. The molecule has 116 valence electrons. The van der Waals surface area contributed by atoms with E-state index in [1.165, 1.54) is 19.3 Å². The van der Waals surface area contributed by atoms with Crippen molar-refractivity contribution >= 4 is 21.9 Å². The molecule has 8 nitrogen and oxygen atoms in total. The molecule has 1 heterocycles. The van der Waals surface area contributed by atoms with E-state index in [1.807, 2.05) is 6.92 Å². The second-order valence-electron chi connectivity index (χ2n) is 4.90. The maximum absolute atomic E-state index is 12.1. The normalized spacial score (nSPS) is 16.3. The minimum absolute atomic E-state index is 0.0739. The van der Waals surface area contributed by atoms with Gasteiger partial charge < -0.3 is 10.6 Å². The van der Waals surface area contributed by atoms with Crippen LogP contribution in [0.25, 0.3) is 0 Å². The Balaban J connectivity index is 2.00. The van der Waals surface area contributed by atoms with Crippen molar-refractivity contribution in [1.82, 2.24) is 20.0 Å². The van der Waals surface area contributed by atoms with Crippen LogP contribution in [0.1, 0.15) is 26.7 Å². The van der Waals surface area contributed by atoms with E-state index in [9.17, 15) is 13.2 Å². The zero-order valence-corrected chi connectivity index (χ0v) is 12.8. The summed E-state index contributed by atoms with van der Waals surface area (Å²) in [6, 6.07) is -0.656. The van der Waals surface area contributed by atoms with Gasteiger partial charge in [0.25, 0.3) is 0 Å². The van der Waals surface area contributed by atoms with Gasteiger partial charge in [-0.05, 0) is 26.7 Å². The van der Waals surface area contributed by atoms with Crippen LogP contribution in [-0.4, -0.2) is 42.9 Å². The number of hydrogen-bond donors (Lipinski definition) is 3. The molecule has 0 aliphatic heterocycles. The van der Waals surface area contributed by atoms with E-state index < -0.39 is 16.1 Å². The van der Waals surface area contributed by atoms with Gasteiger partial charge in [0.1, 0.15) is 4.90 Å². The molecule has 1 saturated carbocycles. The SMILES string of the molecule is CCNc1ncc(S(=O)(=O)NC(C)C(=O)NC2CC2)cn1. The van der Waals surface area contributed by atoms with Gasteiger partial charge in [-0.3, -0.25) is 4.79 Å². The molecule has 0 bridgehead atoms. The van der Waals surface area contributed by atoms with Crippen LogP contribution in [0.5, 0.6) is 0 Å². The third-order valence-corrected chi connectivity index (χ3v) is 4.42. The molecule has 0 spiro atoms. The number of aromatic nitrogens is 2. The topological polar surface area (TPSA) is 113 Å². The van der Waals surface area contributed by atoms with Crippen LogP contribution in [0.2, 0.25) is 0 Å². The van der Waals surface area contributed by atoms with Gasteiger partial charge in [-0.2, -0.15) is 4.72 Å². The van der Waals surface area contributed by atoms with Crippen molar-refractivity contribution in [2.75, 3.05) is 11.9 Å². The number of amides is 1. The van der Waals surface area contributed by atoms with Crippen LogP contribution in [-0.2, 0) is 14.8 Å². The van der Waals surface area contributed by atoms with E-state index >= 15 is 0 Å². The molecule has 1 aromatic heterocycles. The highest BCUT2D eigenvalue weighted by molar-refractivity contribution is 7.89. The fourth-order valence-electron chi connectivity index (χ4n) is 1.61. The standard InChI is InChI=1S/C12H19N5O3S/c1-3-13-12-14-6-10(7-15-12)21(19,20)17-8(2)11(18)16-9-4-5-9/h6-9,17H,3-5H2,1-2H3,(H,16,18)(H,13,14,15). The zero-order valence-electron chi connectivity index (χ0n) is 12.0. The molecule has 21 heavy (non-hydrogen) atoms. The summed E-state index contributed by atoms with van der Waals surface area (Å²) >= 11 is 0. The largest absolute Gasteiger partial charge is 0.355 e. The molecule has 1 aliphatic carbocycles. The molecule has 3 N–H and O–H groups in total. The summed E-state index contributed by atoms with van der Waals surface area (Å²) in [5.74, 6) is 0.0299. The molecule has 0 aromatic carbocycles. The van der Waals surface area contributed by atoms with Crippen molar-refractivity contribution < 1.29 is 13.2 Å². The first kappa shape index (κ1) is 15.6. The average Bonchev–Trinajstić information content (AvgIpc) is 3.23. The number of carbonyl (C=O) groups is 1. The molecule has 1 fully saturated rings. The van der Waals surface area contributed by atoms with Crippen molar-refractivity contribution in [3.8, 4) is 0 Å². The first-order chi connectivity index (χ1) is 9.92. The summed E-state index contributed by atoms with van der Waals surface area (Å²) in [5, 5.41) is 5.62. The third kappa shape index (κ3) is 4.36. The van der Waals surface area contributed by atoms with Crippen LogP contribution in [0.3, 0.4) is 0 Å². The summed E-state index contributed by atoms with van der Waals surface area (Å²) in [6.07, 6.45) is 4.31. The number of sulfonamides is 1. The summed E-state index contributed by atoms with van der Waals surface area (Å²) in [5.41, 5.74) is 0. The lowest BCUT2D eigenvalue weighted by Gasteiger charge is -2.14. The molecule has 1 aromatic rings. The van der Waals surface area contributed by atoms with E-state index in [0.29, 0.717) is 12.5 Å². The predicted octanol–water partition coefficient (Wildman–Crippen LogP) is -0.146. The lowest BCUT2D eigenvalue weighted by Crippen LogP contribution is -2.45. The molecule has 1 amide bonds. The quantitative estimate of drug-likeness (QED) is 0.645. The number of hydrogen-bond acceptors (Lipinski definition) is 6. The summed E-state index contributed by atoms with van der Waals surface area (Å²) in [7, 11) is -3.82.